The van der Waals surface area contributed by atoms with Crippen LogP contribution in [0.2, 0.25) is 0 Å². The molecule has 0 atom stereocenters. The molecule has 0 bridgehead atoms. The molecule has 0 amide bonds. The van der Waals surface area contributed by atoms with Gasteiger partial charge in [0, 0.05) is 12.7 Å². The molecular formula is C9H12NO5P. The monoisotopic (exact) mass is 245 g/mol. The van der Waals surface area contributed by atoms with Crippen molar-refractivity contribution in [1.82, 2.24) is 0 Å². The highest BCUT2D eigenvalue weighted by atomic mass is 31.2. The molecule has 1 aromatic rings. The van der Waals surface area contributed by atoms with Gasteiger partial charge in [-0.15, -0.1) is 0 Å². The van der Waals surface area contributed by atoms with E-state index in [1.807, 2.05) is 0 Å². The molecule has 0 aromatic heterocycles. The van der Waals surface area contributed by atoms with Gasteiger partial charge >= 0.3 is 13.6 Å². The second-order valence-electron chi connectivity index (χ2n) is 3.31. The fraction of sp³-hybridized carbons (Fsp3) is 0.222. The molecule has 0 unspecified atom stereocenters. The summed E-state index contributed by atoms with van der Waals surface area (Å²) in [5.74, 6) is -0.971. The van der Waals surface area contributed by atoms with E-state index in [-0.39, 0.29) is 11.8 Å². The summed E-state index contributed by atoms with van der Waals surface area (Å²) in [5.41, 5.74) is 0.583. The maximum atomic E-state index is 10.9. The third-order valence-corrected chi connectivity index (χ3v) is 2.97. The van der Waals surface area contributed by atoms with Crippen LogP contribution in [-0.4, -0.2) is 34.5 Å². The van der Waals surface area contributed by atoms with Crippen LogP contribution >= 0.6 is 7.60 Å². The van der Waals surface area contributed by atoms with E-state index in [9.17, 15) is 9.36 Å². The van der Waals surface area contributed by atoms with Crippen molar-refractivity contribution in [2.24, 2.45) is 0 Å². The highest BCUT2D eigenvalue weighted by Gasteiger charge is 2.16. The minimum absolute atomic E-state index is 0.0834. The first-order valence-corrected chi connectivity index (χ1v) is 6.01. The summed E-state index contributed by atoms with van der Waals surface area (Å²) < 4.78 is 10.9. The zero-order chi connectivity index (χ0) is 12.3. The first-order chi connectivity index (χ1) is 7.30. The third-order valence-electron chi connectivity index (χ3n) is 2.00. The lowest BCUT2D eigenvalue weighted by molar-refractivity contribution is -0.135. The molecule has 0 saturated heterocycles. The molecule has 7 heteroatoms. The Morgan fingerprint density at radius 2 is 1.81 bits per heavy atom. The van der Waals surface area contributed by atoms with E-state index in [1.165, 1.54) is 29.2 Å². The molecule has 0 fully saturated rings. The Balaban J connectivity index is 2.87. The molecule has 0 heterocycles. The van der Waals surface area contributed by atoms with Crippen molar-refractivity contribution in [2.75, 3.05) is 18.5 Å². The Kier molecular flexibility index (Phi) is 3.70. The molecule has 0 aliphatic rings. The zero-order valence-electron chi connectivity index (χ0n) is 8.57. The van der Waals surface area contributed by atoms with Crippen molar-refractivity contribution in [3.8, 4) is 0 Å². The quantitative estimate of drug-likeness (QED) is 0.646. The summed E-state index contributed by atoms with van der Waals surface area (Å²) in [5, 5.41) is 8.48. The number of hydrogen-bond acceptors (Lipinski definition) is 3. The largest absolute Gasteiger partial charge is 0.480 e. The highest BCUT2D eigenvalue weighted by Crippen LogP contribution is 2.33. The molecule has 3 N–H and O–H groups in total. The molecule has 1 aromatic carbocycles. The van der Waals surface area contributed by atoms with Crippen molar-refractivity contribution < 1.29 is 24.3 Å². The van der Waals surface area contributed by atoms with Gasteiger partial charge in [0.25, 0.3) is 0 Å². The first kappa shape index (κ1) is 12.7. The van der Waals surface area contributed by atoms with E-state index >= 15 is 0 Å². The SMILES string of the molecule is CN(CC(=O)O)c1ccc(P(=O)(O)O)cc1. The average Bonchev–Trinajstić information content (AvgIpc) is 2.15. The normalized spacial score (nSPS) is 11.2. The van der Waals surface area contributed by atoms with Crippen LogP contribution in [0.3, 0.4) is 0 Å². The number of benzene rings is 1. The van der Waals surface area contributed by atoms with Crippen LogP contribution in [0.15, 0.2) is 24.3 Å². The van der Waals surface area contributed by atoms with E-state index in [0.29, 0.717) is 5.69 Å². The summed E-state index contributed by atoms with van der Waals surface area (Å²) in [6.07, 6.45) is 0. The second kappa shape index (κ2) is 4.65. The predicted molar refractivity (Wildman–Crippen MR) is 59.0 cm³/mol. The van der Waals surface area contributed by atoms with Crippen LogP contribution in [0.1, 0.15) is 0 Å². The van der Waals surface area contributed by atoms with Gasteiger partial charge < -0.3 is 19.8 Å². The van der Waals surface area contributed by atoms with Crippen LogP contribution < -0.4 is 10.2 Å². The van der Waals surface area contributed by atoms with Crippen molar-refractivity contribution in [3.05, 3.63) is 24.3 Å². The smallest absolute Gasteiger partial charge is 0.356 e. The van der Waals surface area contributed by atoms with Crippen LogP contribution in [0.5, 0.6) is 0 Å². The molecule has 0 aliphatic heterocycles. The van der Waals surface area contributed by atoms with E-state index < -0.39 is 13.6 Å². The van der Waals surface area contributed by atoms with Crippen molar-refractivity contribution >= 4 is 24.6 Å². The minimum atomic E-state index is -4.23. The maximum Gasteiger partial charge on any atom is 0.356 e. The number of carboxylic acids is 1. The molecule has 0 spiro atoms. The predicted octanol–water partition coefficient (Wildman–Crippen LogP) is 0.0104. The molecular weight excluding hydrogens is 233 g/mol. The zero-order valence-corrected chi connectivity index (χ0v) is 9.46. The van der Waals surface area contributed by atoms with Gasteiger partial charge in [-0.25, -0.2) is 0 Å². The van der Waals surface area contributed by atoms with Crippen molar-refractivity contribution in [2.45, 2.75) is 0 Å². The summed E-state index contributed by atoms with van der Waals surface area (Å²) in [6, 6.07) is 5.51. The molecule has 88 valence electrons. The van der Waals surface area contributed by atoms with Gasteiger partial charge in [0.2, 0.25) is 0 Å². The van der Waals surface area contributed by atoms with Crippen LogP contribution in [0, 0.1) is 0 Å². The molecule has 0 aliphatic carbocycles. The number of carbonyl (C=O) groups is 1. The Hall–Kier alpha value is -1.36. The lowest BCUT2D eigenvalue weighted by Crippen LogP contribution is -2.25. The van der Waals surface area contributed by atoms with E-state index in [2.05, 4.69) is 0 Å². The van der Waals surface area contributed by atoms with Gasteiger partial charge in [0.05, 0.1) is 5.30 Å². The minimum Gasteiger partial charge on any atom is -0.480 e. The van der Waals surface area contributed by atoms with Crippen LogP contribution in [0.25, 0.3) is 0 Å². The van der Waals surface area contributed by atoms with Gasteiger partial charge in [-0.05, 0) is 24.3 Å². The van der Waals surface area contributed by atoms with Crippen LogP contribution in [0.4, 0.5) is 5.69 Å². The summed E-state index contributed by atoms with van der Waals surface area (Å²) in [7, 11) is -2.65. The van der Waals surface area contributed by atoms with E-state index in [1.54, 1.807) is 7.05 Å². The maximum absolute atomic E-state index is 10.9. The van der Waals surface area contributed by atoms with E-state index in [4.69, 9.17) is 14.9 Å². The number of aliphatic carboxylic acids is 1. The summed E-state index contributed by atoms with van der Waals surface area (Å²) >= 11 is 0. The molecule has 1 rings (SSSR count). The van der Waals surface area contributed by atoms with Gasteiger partial charge in [-0.3, -0.25) is 9.36 Å². The fourth-order valence-electron chi connectivity index (χ4n) is 1.20. The molecule has 16 heavy (non-hydrogen) atoms. The second-order valence-corrected chi connectivity index (χ2v) is 4.91. The highest BCUT2D eigenvalue weighted by molar-refractivity contribution is 7.60. The Labute approximate surface area is 92.3 Å². The van der Waals surface area contributed by atoms with E-state index in [0.717, 1.165) is 0 Å². The number of nitrogens with zero attached hydrogens (tertiary/aromatic N) is 1. The van der Waals surface area contributed by atoms with Gasteiger partial charge in [-0.1, -0.05) is 0 Å². The lowest BCUT2D eigenvalue weighted by atomic mass is 10.3. The Bertz CT molecular complexity index is 424. The number of likely N-dealkylation sites (N-methyl/N-ethyl adjacent to an activating group) is 1. The van der Waals surface area contributed by atoms with Gasteiger partial charge in [-0.2, -0.15) is 0 Å². The first-order valence-electron chi connectivity index (χ1n) is 4.40. The van der Waals surface area contributed by atoms with Crippen LogP contribution in [-0.2, 0) is 9.36 Å². The molecule has 0 saturated carbocycles. The van der Waals surface area contributed by atoms with Crippen molar-refractivity contribution in [3.63, 3.8) is 0 Å². The topological polar surface area (TPSA) is 98.1 Å². The fourth-order valence-corrected chi connectivity index (χ4v) is 1.73. The van der Waals surface area contributed by atoms with Gasteiger partial charge in [0.15, 0.2) is 0 Å². The lowest BCUT2D eigenvalue weighted by Gasteiger charge is -2.17. The number of rotatable bonds is 4. The number of hydrogen-bond donors (Lipinski definition) is 3. The molecule has 6 nitrogen and oxygen atoms in total. The molecule has 0 radical (unpaired) electrons. The third kappa shape index (κ3) is 3.34. The van der Waals surface area contributed by atoms with Crippen molar-refractivity contribution in [1.29, 1.82) is 0 Å². The summed E-state index contributed by atoms with van der Waals surface area (Å²) in [4.78, 5) is 29.6. The summed E-state index contributed by atoms with van der Waals surface area (Å²) in [6.45, 7) is -0.171. The number of carboxylic acid groups (broad SMARTS) is 1. The average molecular weight is 245 g/mol. The van der Waals surface area contributed by atoms with Gasteiger partial charge in [0.1, 0.15) is 6.54 Å². The standard InChI is InChI=1S/C9H12NO5P/c1-10(6-9(11)12)7-2-4-8(5-3-7)16(13,14)15/h2-5H,6H2,1H3,(H,11,12)(H2,13,14,15). The number of anilines is 1. The Morgan fingerprint density at radius 3 is 2.19 bits per heavy atom. The Morgan fingerprint density at radius 1 is 1.31 bits per heavy atom.